The van der Waals surface area contributed by atoms with Crippen LogP contribution < -0.4 is 15.1 Å². The molecule has 3 aromatic carbocycles. The number of benzene rings is 3. The number of carbonyl (C=O) groups is 3. The summed E-state index contributed by atoms with van der Waals surface area (Å²) in [5, 5.41) is 13.8. The van der Waals surface area contributed by atoms with E-state index in [0.29, 0.717) is 10.7 Å². The van der Waals surface area contributed by atoms with E-state index in [2.05, 4.69) is 5.32 Å². The van der Waals surface area contributed by atoms with Gasteiger partial charge in [0.25, 0.3) is 11.7 Å². The Hall–Kier alpha value is -3.85. The molecule has 37 heavy (non-hydrogen) atoms. The number of hydrogen-bond acceptors (Lipinski definition) is 5. The summed E-state index contributed by atoms with van der Waals surface area (Å²) in [5.41, 5.74) is 1.89. The van der Waals surface area contributed by atoms with Crippen molar-refractivity contribution in [2.24, 2.45) is 0 Å². The average Bonchev–Trinajstić information content (AvgIpc) is 3.14. The fourth-order valence-corrected chi connectivity index (χ4v) is 4.77. The lowest BCUT2D eigenvalue weighted by Gasteiger charge is -2.47. The highest BCUT2D eigenvalue weighted by atomic mass is 35.5. The molecule has 0 radical (unpaired) electrons. The van der Waals surface area contributed by atoms with Crippen LogP contribution in [0.3, 0.4) is 0 Å². The summed E-state index contributed by atoms with van der Waals surface area (Å²) >= 11 is 6.02. The predicted molar refractivity (Wildman–Crippen MR) is 139 cm³/mol. The normalized spacial score (nSPS) is 19.9. The molecular formula is C28H23ClFN3O4. The van der Waals surface area contributed by atoms with Gasteiger partial charge in [0, 0.05) is 23.3 Å². The monoisotopic (exact) mass is 519 g/mol. The number of nitrogens with one attached hydrogen (secondary N) is 1. The summed E-state index contributed by atoms with van der Waals surface area (Å²) in [5.74, 6) is -2.43. The number of amides is 2. The van der Waals surface area contributed by atoms with Crippen molar-refractivity contribution in [3.63, 3.8) is 0 Å². The van der Waals surface area contributed by atoms with Gasteiger partial charge in [0.15, 0.2) is 0 Å². The van der Waals surface area contributed by atoms with Crippen LogP contribution in [-0.4, -0.2) is 54.0 Å². The molecule has 3 aromatic rings. The zero-order valence-electron chi connectivity index (χ0n) is 19.6. The highest BCUT2D eigenvalue weighted by molar-refractivity contribution is 6.52. The van der Waals surface area contributed by atoms with Gasteiger partial charge in [0.1, 0.15) is 11.9 Å². The third-order valence-corrected chi connectivity index (χ3v) is 6.76. The molecule has 2 amide bonds. The van der Waals surface area contributed by atoms with Gasteiger partial charge < -0.3 is 14.9 Å². The number of β-lactam (4-membered cyclic amide) rings is 1. The zero-order chi connectivity index (χ0) is 26.1. The Labute approximate surface area is 217 Å². The van der Waals surface area contributed by atoms with Crippen LogP contribution in [0.4, 0.5) is 15.8 Å². The maximum absolute atomic E-state index is 13.6. The van der Waals surface area contributed by atoms with E-state index in [1.54, 1.807) is 29.2 Å². The highest BCUT2D eigenvalue weighted by Gasteiger charge is 2.48. The SMILES string of the molecule is O=C1C(=O)N(CC(CO)N[C@@H]2C(=O)N(c3ccc(Cl)cc3)[C@@H]2/C=C/c2ccccc2)c2ccc(F)cc21. The smallest absolute Gasteiger partial charge is 0.299 e. The first-order valence-corrected chi connectivity index (χ1v) is 12.1. The first-order chi connectivity index (χ1) is 17.9. The van der Waals surface area contributed by atoms with Crippen molar-refractivity contribution in [2.45, 2.75) is 18.1 Å². The minimum absolute atomic E-state index is 0.0148. The number of hydrogen-bond donors (Lipinski definition) is 2. The second kappa shape index (κ2) is 10.3. The summed E-state index contributed by atoms with van der Waals surface area (Å²) in [4.78, 5) is 41.0. The summed E-state index contributed by atoms with van der Waals surface area (Å²) < 4.78 is 13.6. The lowest BCUT2D eigenvalue weighted by Crippen LogP contribution is -2.72. The molecule has 0 spiro atoms. The topological polar surface area (TPSA) is 90.0 Å². The molecule has 0 saturated carbocycles. The number of halogens is 2. The van der Waals surface area contributed by atoms with Crippen LogP contribution in [0, 0.1) is 5.82 Å². The molecule has 2 N–H and O–H groups in total. The molecule has 5 rings (SSSR count). The van der Waals surface area contributed by atoms with Crippen LogP contribution in [0.5, 0.6) is 0 Å². The van der Waals surface area contributed by atoms with Crippen LogP contribution in [0.15, 0.2) is 78.9 Å². The fraction of sp³-hybridized carbons (Fsp3) is 0.179. The molecule has 7 nitrogen and oxygen atoms in total. The second-order valence-corrected chi connectivity index (χ2v) is 9.31. The number of ketones is 1. The Kier molecular flexibility index (Phi) is 6.88. The summed E-state index contributed by atoms with van der Waals surface area (Å²) in [7, 11) is 0. The molecule has 3 atom stereocenters. The van der Waals surface area contributed by atoms with E-state index in [4.69, 9.17) is 11.6 Å². The molecular weight excluding hydrogens is 497 g/mol. The quantitative estimate of drug-likeness (QED) is 0.351. The van der Waals surface area contributed by atoms with Crippen LogP contribution in [0.25, 0.3) is 6.08 Å². The summed E-state index contributed by atoms with van der Waals surface area (Å²) in [6.45, 7) is -0.464. The Morgan fingerprint density at radius 3 is 2.46 bits per heavy atom. The molecule has 1 unspecified atom stereocenters. The maximum atomic E-state index is 13.6. The van der Waals surface area contributed by atoms with Crippen LogP contribution >= 0.6 is 11.6 Å². The van der Waals surface area contributed by atoms with Crippen molar-refractivity contribution < 1.29 is 23.9 Å². The van der Waals surface area contributed by atoms with Gasteiger partial charge in [-0.3, -0.25) is 19.7 Å². The lowest BCUT2D eigenvalue weighted by molar-refractivity contribution is -0.126. The second-order valence-electron chi connectivity index (χ2n) is 8.88. The summed E-state index contributed by atoms with van der Waals surface area (Å²) in [6, 6.07) is 18.3. The zero-order valence-corrected chi connectivity index (χ0v) is 20.3. The highest BCUT2D eigenvalue weighted by Crippen LogP contribution is 2.32. The van der Waals surface area contributed by atoms with Gasteiger partial charge in [0.05, 0.1) is 23.9 Å². The predicted octanol–water partition coefficient (Wildman–Crippen LogP) is 3.46. The number of aliphatic hydroxyl groups excluding tert-OH is 1. The minimum Gasteiger partial charge on any atom is -0.395 e. The van der Waals surface area contributed by atoms with Gasteiger partial charge in [0.2, 0.25) is 5.91 Å². The van der Waals surface area contributed by atoms with E-state index in [0.717, 1.165) is 11.6 Å². The molecule has 1 saturated heterocycles. The van der Waals surface area contributed by atoms with Gasteiger partial charge in [-0.1, -0.05) is 54.1 Å². The van der Waals surface area contributed by atoms with Gasteiger partial charge in [-0.25, -0.2) is 4.39 Å². The largest absolute Gasteiger partial charge is 0.395 e. The number of rotatable bonds is 8. The Morgan fingerprint density at radius 2 is 1.76 bits per heavy atom. The van der Waals surface area contributed by atoms with E-state index >= 15 is 0 Å². The number of fused-ring (bicyclic) bond motifs is 1. The third kappa shape index (κ3) is 4.79. The van der Waals surface area contributed by atoms with E-state index in [-0.39, 0.29) is 29.7 Å². The molecule has 1 fully saturated rings. The third-order valence-electron chi connectivity index (χ3n) is 6.51. The van der Waals surface area contributed by atoms with Gasteiger partial charge >= 0.3 is 0 Å². The van der Waals surface area contributed by atoms with Crippen LogP contribution in [-0.2, 0) is 9.59 Å². The Balaban J connectivity index is 1.38. The number of nitrogens with zero attached hydrogens (tertiary/aromatic N) is 2. The first kappa shape index (κ1) is 24.8. The molecule has 188 valence electrons. The van der Waals surface area contributed by atoms with E-state index in [1.165, 1.54) is 17.0 Å². The molecule has 2 aliphatic rings. The minimum atomic E-state index is -0.802. The molecule has 0 bridgehead atoms. The molecule has 2 heterocycles. The number of carbonyl (C=O) groups excluding carboxylic acids is 3. The lowest BCUT2D eigenvalue weighted by atomic mass is 9.91. The van der Waals surface area contributed by atoms with Crippen LogP contribution in [0.1, 0.15) is 15.9 Å². The van der Waals surface area contributed by atoms with Crippen molar-refractivity contribution in [2.75, 3.05) is 23.0 Å². The van der Waals surface area contributed by atoms with Gasteiger partial charge in [-0.05, 0) is 48.0 Å². The number of Topliss-reactive ketones (excluding diaryl/α,β-unsaturated/α-hetero) is 1. The Bertz CT molecular complexity index is 1380. The maximum Gasteiger partial charge on any atom is 0.299 e. The van der Waals surface area contributed by atoms with E-state index < -0.39 is 36.2 Å². The van der Waals surface area contributed by atoms with Gasteiger partial charge in [-0.2, -0.15) is 0 Å². The van der Waals surface area contributed by atoms with Crippen molar-refractivity contribution in [1.82, 2.24) is 5.32 Å². The fourth-order valence-electron chi connectivity index (χ4n) is 4.64. The molecule has 9 heteroatoms. The van der Waals surface area contributed by atoms with Gasteiger partial charge in [-0.15, -0.1) is 0 Å². The number of anilines is 2. The van der Waals surface area contributed by atoms with Crippen LogP contribution in [0.2, 0.25) is 5.02 Å². The Morgan fingerprint density at radius 1 is 1.03 bits per heavy atom. The van der Waals surface area contributed by atoms with Crippen molar-refractivity contribution in [3.05, 3.63) is 101 Å². The summed E-state index contributed by atoms with van der Waals surface area (Å²) in [6.07, 6.45) is 3.82. The van der Waals surface area contributed by atoms with E-state index in [1.807, 2.05) is 42.5 Å². The average molecular weight is 520 g/mol. The van der Waals surface area contributed by atoms with E-state index in [9.17, 15) is 23.9 Å². The molecule has 0 aromatic heterocycles. The molecule has 2 aliphatic heterocycles. The van der Waals surface area contributed by atoms with Crippen molar-refractivity contribution in [1.29, 1.82) is 0 Å². The molecule has 0 aliphatic carbocycles. The van der Waals surface area contributed by atoms with Crippen molar-refractivity contribution in [3.8, 4) is 0 Å². The standard InChI is InChI=1S/C28H23ClFN3O4/c29-18-7-10-21(11-8-18)33-24(12-6-17-4-2-1-3-5-17)25(27(33)36)31-20(16-34)15-32-23-13-9-19(30)14-22(23)26(35)28(32)37/h1-14,20,24-25,31,34H,15-16H2/b12-6+/t20?,24-,25+/m1/s1. The first-order valence-electron chi connectivity index (χ1n) is 11.7. The van der Waals surface area contributed by atoms with Crippen molar-refractivity contribution >= 4 is 46.6 Å². The number of aliphatic hydroxyl groups is 1.